The second-order valence-electron chi connectivity index (χ2n) is 6.73. The number of nitrogens with one attached hydrogen (secondary N) is 1. The molecule has 2 aromatic heterocycles. The predicted molar refractivity (Wildman–Crippen MR) is 101 cm³/mol. The number of amides is 1. The van der Waals surface area contributed by atoms with E-state index in [1.54, 1.807) is 4.52 Å². The highest BCUT2D eigenvalue weighted by atomic mass is 16.1. The summed E-state index contributed by atoms with van der Waals surface area (Å²) in [5.41, 5.74) is 4.27. The summed E-state index contributed by atoms with van der Waals surface area (Å²) in [6.45, 7) is 6.00. The van der Waals surface area contributed by atoms with Crippen LogP contribution in [0.2, 0.25) is 0 Å². The van der Waals surface area contributed by atoms with Crippen molar-refractivity contribution in [2.75, 3.05) is 0 Å². The molecule has 0 saturated carbocycles. The molecule has 0 radical (unpaired) electrons. The van der Waals surface area contributed by atoms with E-state index in [-0.39, 0.29) is 11.9 Å². The van der Waals surface area contributed by atoms with Crippen molar-refractivity contribution in [3.05, 3.63) is 59.2 Å². The van der Waals surface area contributed by atoms with Gasteiger partial charge in [0, 0.05) is 23.9 Å². The molecular formula is C20H25N5O. The highest BCUT2D eigenvalue weighted by Crippen LogP contribution is 2.15. The monoisotopic (exact) mass is 351 g/mol. The molecule has 0 fully saturated rings. The summed E-state index contributed by atoms with van der Waals surface area (Å²) in [7, 11) is 0. The Morgan fingerprint density at radius 3 is 2.73 bits per heavy atom. The number of nitrogens with zero attached hydrogens (tertiary/aromatic N) is 4. The summed E-state index contributed by atoms with van der Waals surface area (Å²) >= 11 is 0. The van der Waals surface area contributed by atoms with Gasteiger partial charge in [-0.25, -0.2) is 9.50 Å². The molecule has 136 valence electrons. The normalized spacial score (nSPS) is 12.3. The van der Waals surface area contributed by atoms with Gasteiger partial charge in [0.2, 0.25) is 5.91 Å². The topological polar surface area (TPSA) is 72.2 Å². The number of hydrogen-bond donors (Lipinski definition) is 1. The maximum absolute atomic E-state index is 12.3. The predicted octanol–water partition coefficient (Wildman–Crippen LogP) is 2.81. The summed E-state index contributed by atoms with van der Waals surface area (Å²) < 4.78 is 1.72. The molecule has 0 aliphatic heterocycles. The van der Waals surface area contributed by atoms with Gasteiger partial charge < -0.3 is 5.32 Å². The second kappa shape index (κ2) is 8.08. The van der Waals surface area contributed by atoms with Crippen LogP contribution in [0.5, 0.6) is 0 Å². The molecule has 0 bridgehead atoms. The number of carbonyl (C=O) groups is 1. The maximum Gasteiger partial charge on any atom is 0.252 e. The lowest BCUT2D eigenvalue weighted by atomic mass is 10.0. The van der Waals surface area contributed by atoms with Gasteiger partial charge in [0.1, 0.15) is 6.33 Å². The lowest BCUT2D eigenvalue weighted by Crippen LogP contribution is -2.33. The molecule has 1 atom stereocenters. The first-order valence-electron chi connectivity index (χ1n) is 9.03. The third-order valence-corrected chi connectivity index (χ3v) is 4.71. The zero-order valence-corrected chi connectivity index (χ0v) is 15.6. The lowest BCUT2D eigenvalue weighted by molar-refractivity contribution is -0.121. The molecule has 26 heavy (non-hydrogen) atoms. The van der Waals surface area contributed by atoms with Crippen molar-refractivity contribution in [2.24, 2.45) is 0 Å². The highest BCUT2D eigenvalue weighted by molar-refractivity contribution is 5.76. The van der Waals surface area contributed by atoms with E-state index in [2.05, 4.69) is 39.4 Å². The Labute approximate surface area is 153 Å². The van der Waals surface area contributed by atoms with Crippen molar-refractivity contribution >= 4 is 11.7 Å². The second-order valence-corrected chi connectivity index (χ2v) is 6.73. The molecule has 0 spiro atoms. The standard InChI is InChI=1S/C20H25N5O/c1-14(9-10-17-7-5-4-6-8-17)23-19(26)12-11-18-15(2)24-20-21-13-22-25(20)16(18)3/h4-8,13-14H,9-12H2,1-3H3,(H,23,26). The molecule has 6 nitrogen and oxygen atoms in total. The van der Waals surface area contributed by atoms with Crippen LogP contribution in [-0.2, 0) is 17.6 Å². The summed E-state index contributed by atoms with van der Waals surface area (Å²) in [5.74, 6) is 0.672. The van der Waals surface area contributed by atoms with E-state index in [0.29, 0.717) is 18.6 Å². The van der Waals surface area contributed by atoms with E-state index >= 15 is 0 Å². The zero-order chi connectivity index (χ0) is 18.5. The van der Waals surface area contributed by atoms with E-state index in [4.69, 9.17) is 0 Å². The van der Waals surface area contributed by atoms with Gasteiger partial charge in [-0.05, 0) is 51.2 Å². The van der Waals surface area contributed by atoms with Crippen molar-refractivity contribution in [3.63, 3.8) is 0 Å². The van der Waals surface area contributed by atoms with Crippen molar-refractivity contribution in [2.45, 2.75) is 52.5 Å². The minimum absolute atomic E-state index is 0.0723. The first kappa shape index (κ1) is 18.0. The molecule has 3 aromatic rings. The Bertz CT molecular complexity index is 888. The average Bonchev–Trinajstić information content (AvgIpc) is 3.09. The lowest BCUT2D eigenvalue weighted by Gasteiger charge is -2.15. The molecule has 1 amide bonds. The van der Waals surface area contributed by atoms with E-state index in [1.807, 2.05) is 32.0 Å². The van der Waals surface area contributed by atoms with Gasteiger partial charge >= 0.3 is 0 Å². The van der Waals surface area contributed by atoms with Crippen molar-refractivity contribution in [3.8, 4) is 0 Å². The van der Waals surface area contributed by atoms with Crippen LogP contribution >= 0.6 is 0 Å². The number of aromatic nitrogens is 4. The SMILES string of the molecule is Cc1nc2ncnn2c(C)c1CCC(=O)NC(C)CCc1ccccc1. The minimum atomic E-state index is 0.0723. The van der Waals surface area contributed by atoms with Crippen LogP contribution in [0.3, 0.4) is 0 Å². The van der Waals surface area contributed by atoms with Crippen molar-refractivity contribution in [1.82, 2.24) is 24.9 Å². The third-order valence-electron chi connectivity index (χ3n) is 4.71. The smallest absolute Gasteiger partial charge is 0.252 e. The molecule has 3 rings (SSSR count). The van der Waals surface area contributed by atoms with Gasteiger partial charge in [-0.15, -0.1) is 0 Å². The number of hydrogen-bond acceptors (Lipinski definition) is 4. The van der Waals surface area contributed by atoms with Crippen LogP contribution in [0.25, 0.3) is 5.78 Å². The number of aryl methyl sites for hydroxylation is 3. The first-order valence-corrected chi connectivity index (χ1v) is 9.03. The Hall–Kier alpha value is -2.76. The molecule has 1 unspecified atom stereocenters. The van der Waals surface area contributed by atoms with Gasteiger partial charge in [0.25, 0.3) is 5.78 Å². The van der Waals surface area contributed by atoms with Crippen LogP contribution in [-0.4, -0.2) is 31.5 Å². The molecule has 0 aliphatic carbocycles. The van der Waals surface area contributed by atoms with E-state index < -0.39 is 0 Å². The van der Waals surface area contributed by atoms with Crippen LogP contribution in [0.4, 0.5) is 0 Å². The van der Waals surface area contributed by atoms with E-state index in [9.17, 15) is 4.79 Å². The van der Waals surface area contributed by atoms with E-state index in [1.165, 1.54) is 11.9 Å². The molecule has 6 heteroatoms. The minimum Gasteiger partial charge on any atom is -0.354 e. The quantitative estimate of drug-likeness (QED) is 0.710. The Morgan fingerprint density at radius 1 is 1.19 bits per heavy atom. The largest absolute Gasteiger partial charge is 0.354 e. The summed E-state index contributed by atoms with van der Waals surface area (Å²) in [4.78, 5) is 20.9. The van der Waals surface area contributed by atoms with Crippen LogP contribution in [0, 0.1) is 13.8 Å². The molecular weight excluding hydrogens is 326 g/mol. The number of carbonyl (C=O) groups excluding carboxylic acids is 1. The Kier molecular flexibility index (Phi) is 5.61. The fourth-order valence-electron chi connectivity index (χ4n) is 3.20. The molecule has 1 N–H and O–H groups in total. The Morgan fingerprint density at radius 2 is 1.96 bits per heavy atom. The third kappa shape index (κ3) is 4.25. The molecule has 0 saturated heterocycles. The molecule has 0 aliphatic rings. The number of fused-ring (bicyclic) bond motifs is 1. The van der Waals surface area contributed by atoms with Crippen LogP contribution < -0.4 is 5.32 Å². The number of rotatable bonds is 7. The van der Waals surface area contributed by atoms with Gasteiger partial charge in [-0.3, -0.25) is 4.79 Å². The van der Waals surface area contributed by atoms with Gasteiger partial charge in [-0.1, -0.05) is 30.3 Å². The zero-order valence-electron chi connectivity index (χ0n) is 15.6. The molecule has 1 aromatic carbocycles. The van der Waals surface area contributed by atoms with E-state index in [0.717, 1.165) is 29.8 Å². The van der Waals surface area contributed by atoms with Crippen LogP contribution in [0.1, 0.15) is 42.3 Å². The van der Waals surface area contributed by atoms with Crippen molar-refractivity contribution in [1.29, 1.82) is 0 Å². The molecule has 2 heterocycles. The average molecular weight is 351 g/mol. The Balaban J connectivity index is 1.52. The summed E-state index contributed by atoms with van der Waals surface area (Å²) in [6.07, 6.45) is 4.49. The van der Waals surface area contributed by atoms with Gasteiger partial charge in [-0.2, -0.15) is 10.1 Å². The van der Waals surface area contributed by atoms with Crippen molar-refractivity contribution < 1.29 is 4.79 Å². The number of benzene rings is 1. The summed E-state index contributed by atoms with van der Waals surface area (Å²) in [6, 6.07) is 10.5. The highest BCUT2D eigenvalue weighted by Gasteiger charge is 2.13. The maximum atomic E-state index is 12.3. The van der Waals surface area contributed by atoms with Crippen LogP contribution in [0.15, 0.2) is 36.7 Å². The summed E-state index contributed by atoms with van der Waals surface area (Å²) in [5, 5.41) is 7.29. The fourth-order valence-corrected chi connectivity index (χ4v) is 3.20. The fraction of sp³-hybridized carbons (Fsp3) is 0.400. The van der Waals surface area contributed by atoms with Gasteiger partial charge in [0.05, 0.1) is 0 Å². The van der Waals surface area contributed by atoms with Gasteiger partial charge in [0.15, 0.2) is 0 Å². The first-order chi connectivity index (χ1) is 12.5.